The molecule has 0 saturated heterocycles. The van der Waals surface area contributed by atoms with Gasteiger partial charge in [0.25, 0.3) is 0 Å². The monoisotopic (exact) mass is 658 g/mol. The number of fused-ring (bicyclic) bond motifs is 1. The molecule has 11 heteroatoms. The second kappa shape index (κ2) is 12.3. The van der Waals surface area contributed by atoms with Crippen molar-refractivity contribution in [3.05, 3.63) is 73.9 Å². The van der Waals surface area contributed by atoms with Crippen LogP contribution in [0, 0.1) is 0 Å². The average molecular weight is 660 g/mol. The summed E-state index contributed by atoms with van der Waals surface area (Å²) in [5.41, 5.74) is 2.30. The molecule has 1 aromatic heterocycles. The zero-order valence-electron chi connectivity index (χ0n) is 20.3. The molecular formula is C26H27Br2F3N4OS. The fraction of sp³-hybridized carbons (Fsp3) is 0.385. The van der Waals surface area contributed by atoms with Gasteiger partial charge >= 0.3 is 6.18 Å². The highest BCUT2D eigenvalue weighted by molar-refractivity contribution is 9.11. The Balaban J connectivity index is 1.66. The summed E-state index contributed by atoms with van der Waals surface area (Å²) >= 11 is 8.74. The van der Waals surface area contributed by atoms with Crippen molar-refractivity contribution < 1.29 is 17.9 Å². The summed E-state index contributed by atoms with van der Waals surface area (Å²) in [6.45, 7) is 2.57. The van der Waals surface area contributed by atoms with Crippen LogP contribution in [-0.4, -0.2) is 34.6 Å². The molecule has 2 heterocycles. The zero-order valence-corrected chi connectivity index (χ0v) is 24.3. The first-order valence-corrected chi connectivity index (χ1v) is 14.8. The Morgan fingerprint density at radius 3 is 2.59 bits per heavy atom. The first-order chi connectivity index (χ1) is 17.7. The summed E-state index contributed by atoms with van der Waals surface area (Å²) in [5, 5.41) is 6.67. The normalized spacial score (nSPS) is 17.2. The van der Waals surface area contributed by atoms with E-state index in [1.165, 1.54) is 12.1 Å². The Labute approximate surface area is 235 Å². The van der Waals surface area contributed by atoms with Crippen molar-refractivity contribution in [3.8, 4) is 5.75 Å². The van der Waals surface area contributed by atoms with Crippen LogP contribution in [0.4, 0.5) is 24.8 Å². The molecule has 4 rings (SSSR count). The molecule has 0 saturated carbocycles. The number of rotatable bonds is 9. The molecule has 0 unspecified atom stereocenters. The molecule has 2 N–H and O–H groups in total. The smallest absolute Gasteiger partial charge is 0.416 e. The number of nitrogens with zero attached hydrogens (tertiary/aromatic N) is 2. The van der Waals surface area contributed by atoms with Crippen LogP contribution in [0.2, 0.25) is 0 Å². The lowest BCUT2D eigenvalue weighted by Gasteiger charge is -2.34. The molecule has 0 spiro atoms. The van der Waals surface area contributed by atoms with Crippen molar-refractivity contribution in [1.82, 2.24) is 9.97 Å². The lowest BCUT2D eigenvalue weighted by molar-refractivity contribution is -0.137. The summed E-state index contributed by atoms with van der Waals surface area (Å²) in [4.78, 5) is 9.24. The van der Waals surface area contributed by atoms with E-state index in [9.17, 15) is 13.2 Å². The number of thioether (sulfide) groups is 1. The van der Waals surface area contributed by atoms with E-state index in [1.54, 1.807) is 18.0 Å². The van der Waals surface area contributed by atoms with E-state index in [1.807, 2.05) is 24.5 Å². The van der Waals surface area contributed by atoms with Gasteiger partial charge in [-0.1, -0.05) is 38.8 Å². The van der Waals surface area contributed by atoms with Crippen molar-refractivity contribution in [2.45, 2.75) is 44.4 Å². The van der Waals surface area contributed by atoms with Crippen molar-refractivity contribution >= 4 is 55.3 Å². The third-order valence-electron chi connectivity index (χ3n) is 6.10. The molecule has 37 heavy (non-hydrogen) atoms. The molecule has 5 nitrogen and oxygen atoms in total. The highest BCUT2D eigenvalue weighted by atomic mass is 79.9. The summed E-state index contributed by atoms with van der Waals surface area (Å²) < 4.78 is 48.2. The number of halogens is 5. The average Bonchev–Trinajstić information content (AvgIpc) is 2.84. The van der Waals surface area contributed by atoms with Gasteiger partial charge < -0.3 is 15.4 Å². The van der Waals surface area contributed by atoms with Crippen molar-refractivity contribution in [2.24, 2.45) is 0 Å². The number of anilines is 2. The highest BCUT2D eigenvalue weighted by Gasteiger charge is 2.34. The molecule has 2 aromatic carbocycles. The highest BCUT2D eigenvalue weighted by Crippen LogP contribution is 2.39. The predicted octanol–water partition coefficient (Wildman–Crippen LogP) is 8.10. The zero-order chi connectivity index (χ0) is 26.6. The minimum absolute atomic E-state index is 0.120. The third kappa shape index (κ3) is 7.32. The minimum Gasteiger partial charge on any atom is -0.489 e. The third-order valence-corrected chi connectivity index (χ3v) is 7.59. The lowest BCUT2D eigenvalue weighted by atomic mass is 9.90. The largest absolute Gasteiger partial charge is 0.489 e. The number of hydrogen-bond acceptors (Lipinski definition) is 6. The molecule has 0 fully saturated rings. The Morgan fingerprint density at radius 2 is 1.92 bits per heavy atom. The fourth-order valence-corrected chi connectivity index (χ4v) is 5.91. The molecule has 1 aliphatic rings. The van der Waals surface area contributed by atoms with Gasteiger partial charge in [-0.25, -0.2) is 9.97 Å². The summed E-state index contributed by atoms with van der Waals surface area (Å²) in [6.07, 6.45) is 1.18. The van der Waals surface area contributed by atoms with Crippen LogP contribution >= 0.6 is 43.6 Å². The van der Waals surface area contributed by atoms with Gasteiger partial charge in [0.1, 0.15) is 0 Å². The fourth-order valence-electron chi connectivity index (χ4n) is 4.27. The van der Waals surface area contributed by atoms with Crippen LogP contribution in [-0.2, 0) is 12.6 Å². The van der Waals surface area contributed by atoms with Gasteiger partial charge in [0, 0.05) is 32.8 Å². The summed E-state index contributed by atoms with van der Waals surface area (Å²) in [6, 6.07) is 9.57. The minimum atomic E-state index is -4.42. The maximum Gasteiger partial charge on any atom is 0.416 e. The molecule has 3 aromatic rings. The van der Waals surface area contributed by atoms with Gasteiger partial charge in [-0.15, -0.1) is 0 Å². The molecule has 2 atom stereocenters. The Kier molecular flexibility index (Phi) is 9.29. The number of ether oxygens (including phenoxy) is 1. The lowest BCUT2D eigenvalue weighted by Crippen LogP contribution is -2.31. The van der Waals surface area contributed by atoms with Gasteiger partial charge in [0.2, 0.25) is 5.95 Å². The Hall–Kier alpha value is -1.98. The second-order valence-electron chi connectivity index (χ2n) is 8.78. The molecule has 1 aliphatic heterocycles. The van der Waals surface area contributed by atoms with Crippen LogP contribution in [0.1, 0.15) is 48.2 Å². The van der Waals surface area contributed by atoms with Crippen molar-refractivity contribution in [1.29, 1.82) is 0 Å². The van der Waals surface area contributed by atoms with Gasteiger partial charge in [0.05, 0.1) is 30.1 Å². The maximum atomic E-state index is 13.5. The molecule has 0 amide bonds. The second-order valence-corrected chi connectivity index (χ2v) is 11.6. The van der Waals surface area contributed by atoms with Gasteiger partial charge in [-0.2, -0.15) is 24.9 Å². The SMILES string of the molecule is CC[C@@H]1C[C@H](Nc2ncc(OCCSC)c(Cc3cc(Br)cc(Br)c3)n2)c2cc(C(F)(F)F)ccc2N1. The van der Waals surface area contributed by atoms with E-state index in [-0.39, 0.29) is 12.1 Å². The first kappa shape index (κ1) is 28.0. The number of hydrogen-bond donors (Lipinski definition) is 2. The van der Waals surface area contributed by atoms with Crippen LogP contribution in [0.3, 0.4) is 0 Å². The van der Waals surface area contributed by atoms with E-state index in [4.69, 9.17) is 9.72 Å². The van der Waals surface area contributed by atoms with Crippen LogP contribution in [0.15, 0.2) is 51.5 Å². The number of nitrogens with one attached hydrogen (secondary N) is 2. The molecule has 0 bridgehead atoms. The standard InChI is InChI=1S/C26H27Br2F3N4OS/c1-3-19-13-22(20-11-16(26(29,30)31)4-5-21(20)33-19)34-25-32-14-24(36-6-7-37-2)23(35-25)10-15-8-17(27)12-18(28)9-15/h4-5,8-9,11-12,14,19,22,33H,3,6-7,10,13H2,1-2H3,(H,32,34,35)/t19-,22+/m1/s1. The van der Waals surface area contributed by atoms with Crippen molar-refractivity contribution in [3.63, 3.8) is 0 Å². The van der Waals surface area contributed by atoms with Gasteiger partial charge in [0.15, 0.2) is 5.75 Å². The van der Waals surface area contributed by atoms with E-state index in [0.717, 1.165) is 32.7 Å². The molecule has 0 radical (unpaired) electrons. The quantitative estimate of drug-likeness (QED) is 0.227. The molecule has 0 aliphatic carbocycles. The van der Waals surface area contributed by atoms with E-state index >= 15 is 0 Å². The number of benzene rings is 2. The van der Waals surface area contributed by atoms with Crippen LogP contribution in [0.25, 0.3) is 0 Å². The Bertz CT molecular complexity index is 1220. The summed E-state index contributed by atoms with van der Waals surface area (Å²) in [7, 11) is 0. The predicted molar refractivity (Wildman–Crippen MR) is 151 cm³/mol. The van der Waals surface area contributed by atoms with Crippen LogP contribution in [0.5, 0.6) is 5.75 Å². The molecule has 198 valence electrons. The van der Waals surface area contributed by atoms with Crippen LogP contribution < -0.4 is 15.4 Å². The first-order valence-electron chi connectivity index (χ1n) is 11.8. The van der Waals surface area contributed by atoms with E-state index in [2.05, 4.69) is 54.4 Å². The topological polar surface area (TPSA) is 59.1 Å². The molecular weight excluding hydrogens is 633 g/mol. The van der Waals surface area contributed by atoms with E-state index < -0.39 is 11.7 Å². The Morgan fingerprint density at radius 1 is 1.16 bits per heavy atom. The maximum absolute atomic E-state index is 13.5. The van der Waals surface area contributed by atoms with Crippen molar-refractivity contribution in [2.75, 3.05) is 29.2 Å². The van der Waals surface area contributed by atoms with Gasteiger partial charge in [-0.3, -0.25) is 0 Å². The van der Waals surface area contributed by atoms with Gasteiger partial charge in [-0.05, 0) is 66.6 Å². The van der Waals surface area contributed by atoms with E-state index in [0.29, 0.717) is 48.1 Å². The number of aromatic nitrogens is 2. The summed E-state index contributed by atoms with van der Waals surface area (Å²) in [5.74, 6) is 1.77. The number of alkyl halides is 3.